The number of carboxylic acids is 1. The topological polar surface area (TPSA) is 127 Å². The number of aliphatic carboxylic acids is 1. The third-order valence-electron chi connectivity index (χ3n) is 2.42. The number of carboxylic acid groups (broad SMARTS) is 1. The van der Waals surface area contributed by atoms with E-state index in [-0.39, 0.29) is 24.2 Å². The van der Waals surface area contributed by atoms with E-state index in [1.54, 1.807) is 6.92 Å². The first-order valence-electron chi connectivity index (χ1n) is 5.68. The number of hydrogen-bond acceptors (Lipinski definition) is 5. The van der Waals surface area contributed by atoms with Gasteiger partial charge in [0.25, 0.3) is 5.69 Å². The molecule has 0 saturated carbocycles. The lowest BCUT2D eigenvalue weighted by Crippen LogP contribution is -2.18. The molecule has 0 radical (unpaired) electrons. The van der Waals surface area contributed by atoms with E-state index in [1.807, 2.05) is 0 Å². The molecule has 0 fully saturated rings. The van der Waals surface area contributed by atoms with Crippen LogP contribution in [0.2, 0.25) is 0 Å². The number of carbonyl (C=O) groups is 1. The van der Waals surface area contributed by atoms with Crippen LogP contribution in [0.5, 0.6) is 0 Å². The summed E-state index contributed by atoms with van der Waals surface area (Å²) in [6, 6.07) is 4.07. The van der Waals surface area contributed by atoms with Gasteiger partial charge in [-0.3, -0.25) is 19.6 Å². The number of aryl methyl sites for hydroxylation is 1. The molecule has 110 valence electrons. The zero-order valence-electron chi connectivity index (χ0n) is 10.7. The lowest BCUT2D eigenvalue weighted by Gasteiger charge is -2.08. The number of nitro benzene ring substituents is 1. The van der Waals surface area contributed by atoms with Gasteiger partial charge in [-0.15, -0.1) is 0 Å². The third-order valence-corrected chi connectivity index (χ3v) is 3.77. The van der Waals surface area contributed by atoms with Crippen molar-refractivity contribution in [1.82, 2.24) is 0 Å². The smallest absolute Gasteiger partial charge is 0.303 e. The maximum absolute atomic E-state index is 11.7. The first kappa shape index (κ1) is 15.9. The number of anilines is 1. The lowest BCUT2D eigenvalue weighted by molar-refractivity contribution is -0.383. The fraction of sp³-hybridized carbons (Fsp3) is 0.364. The van der Waals surface area contributed by atoms with Gasteiger partial charge in [-0.05, 0) is 25.0 Å². The molecule has 8 nitrogen and oxygen atoms in total. The summed E-state index contributed by atoms with van der Waals surface area (Å²) in [6.45, 7) is 1.67. The van der Waals surface area contributed by atoms with Gasteiger partial charge in [0.05, 0.1) is 10.7 Å². The van der Waals surface area contributed by atoms with Crippen molar-refractivity contribution in [2.75, 3.05) is 10.5 Å². The van der Waals surface area contributed by atoms with E-state index < -0.39 is 26.7 Å². The summed E-state index contributed by atoms with van der Waals surface area (Å²) >= 11 is 0. The Hall–Kier alpha value is -2.16. The molecule has 0 aliphatic carbocycles. The average Bonchev–Trinajstić information content (AvgIpc) is 2.26. The Morgan fingerprint density at radius 3 is 2.65 bits per heavy atom. The molecule has 0 aromatic heterocycles. The van der Waals surface area contributed by atoms with E-state index in [4.69, 9.17) is 5.11 Å². The van der Waals surface area contributed by atoms with Crippen molar-refractivity contribution in [3.8, 4) is 0 Å². The fourth-order valence-corrected chi connectivity index (χ4v) is 2.65. The zero-order chi connectivity index (χ0) is 15.3. The maximum atomic E-state index is 11.7. The van der Waals surface area contributed by atoms with Crippen LogP contribution in [0.1, 0.15) is 18.4 Å². The van der Waals surface area contributed by atoms with E-state index in [9.17, 15) is 23.3 Å². The molecule has 1 aromatic rings. The highest BCUT2D eigenvalue weighted by atomic mass is 32.2. The summed E-state index contributed by atoms with van der Waals surface area (Å²) in [5.74, 6) is -1.51. The Morgan fingerprint density at radius 2 is 2.10 bits per heavy atom. The van der Waals surface area contributed by atoms with Crippen LogP contribution in [0.3, 0.4) is 0 Å². The molecule has 0 saturated heterocycles. The SMILES string of the molecule is Cc1ccc([N+](=O)[O-])c(NS(=O)(=O)CCCC(=O)O)c1. The minimum Gasteiger partial charge on any atom is -0.481 e. The lowest BCUT2D eigenvalue weighted by atomic mass is 10.2. The molecule has 0 heterocycles. The summed E-state index contributed by atoms with van der Waals surface area (Å²) in [6.07, 6.45) is -0.346. The van der Waals surface area contributed by atoms with Gasteiger partial charge in [0, 0.05) is 12.5 Å². The molecule has 0 unspecified atom stereocenters. The minimum absolute atomic E-state index is 0.0652. The second-order valence-corrected chi connectivity index (χ2v) is 6.04. The maximum Gasteiger partial charge on any atom is 0.303 e. The Morgan fingerprint density at radius 1 is 1.45 bits per heavy atom. The highest BCUT2D eigenvalue weighted by molar-refractivity contribution is 7.92. The molecule has 1 rings (SSSR count). The predicted molar refractivity (Wildman–Crippen MR) is 72.1 cm³/mol. The molecule has 0 aliphatic heterocycles. The molecule has 0 amide bonds. The van der Waals surface area contributed by atoms with Crippen LogP contribution >= 0.6 is 0 Å². The molecular formula is C11H14N2O6S. The van der Waals surface area contributed by atoms with E-state index in [1.165, 1.54) is 18.2 Å². The summed E-state index contributed by atoms with van der Waals surface area (Å²) < 4.78 is 25.6. The van der Waals surface area contributed by atoms with Crippen LogP contribution in [0.4, 0.5) is 11.4 Å². The van der Waals surface area contributed by atoms with Crippen molar-refractivity contribution in [2.24, 2.45) is 0 Å². The van der Waals surface area contributed by atoms with Crippen molar-refractivity contribution in [3.63, 3.8) is 0 Å². The van der Waals surface area contributed by atoms with Crippen LogP contribution < -0.4 is 4.72 Å². The molecule has 0 atom stereocenters. The molecule has 0 bridgehead atoms. The number of nitrogens with zero attached hydrogens (tertiary/aromatic N) is 1. The van der Waals surface area contributed by atoms with Gasteiger partial charge in [0.15, 0.2) is 0 Å². The number of sulfonamides is 1. The Kier molecular flexibility index (Phi) is 5.03. The standard InChI is InChI=1S/C11H14N2O6S/c1-8-4-5-10(13(16)17)9(7-8)12-20(18,19)6-2-3-11(14)15/h4-5,7,12H,2-3,6H2,1H3,(H,14,15). The second kappa shape index (κ2) is 6.33. The first-order chi connectivity index (χ1) is 9.21. The number of benzene rings is 1. The molecule has 20 heavy (non-hydrogen) atoms. The summed E-state index contributed by atoms with van der Waals surface area (Å²) in [4.78, 5) is 20.5. The van der Waals surface area contributed by atoms with Gasteiger partial charge in [0.2, 0.25) is 10.0 Å². The van der Waals surface area contributed by atoms with E-state index in [2.05, 4.69) is 4.72 Å². The first-order valence-corrected chi connectivity index (χ1v) is 7.34. The van der Waals surface area contributed by atoms with E-state index in [0.29, 0.717) is 5.56 Å². The molecule has 0 spiro atoms. The molecule has 2 N–H and O–H groups in total. The summed E-state index contributed by atoms with van der Waals surface area (Å²) in [5, 5.41) is 19.3. The Labute approximate surface area is 115 Å². The van der Waals surface area contributed by atoms with Crippen molar-refractivity contribution in [3.05, 3.63) is 33.9 Å². The summed E-state index contributed by atoms with van der Waals surface area (Å²) in [5.41, 5.74) is 0.196. The van der Waals surface area contributed by atoms with Gasteiger partial charge >= 0.3 is 5.97 Å². The minimum atomic E-state index is -3.82. The largest absolute Gasteiger partial charge is 0.481 e. The summed E-state index contributed by atoms with van der Waals surface area (Å²) in [7, 11) is -3.82. The van der Waals surface area contributed by atoms with Gasteiger partial charge in [-0.25, -0.2) is 8.42 Å². The van der Waals surface area contributed by atoms with Crippen molar-refractivity contribution in [2.45, 2.75) is 19.8 Å². The fourth-order valence-electron chi connectivity index (χ4n) is 1.52. The van der Waals surface area contributed by atoms with Crippen molar-refractivity contribution < 1.29 is 23.2 Å². The molecule has 1 aromatic carbocycles. The van der Waals surface area contributed by atoms with Gasteiger partial charge in [-0.1, -0.05) is 6.07 Å². The highest BCUT2D eigenvalue weighted by Crippen LogP contribution is 2.26. The molecule has 9 heteroatoms. The zero-order valence-corrected chi connectivity index (χ0v) is 11.5. The van der Waals surface area contributed by atoms with Crippen molar-refractivity contribution in [1.29, 1.82) is 0 Å². The van der Waals surface area contributed by atoms with Crippen molar-refractivity contribution >= 4 is 27.4 Å². The molecular weight excluding hydrogens is 288 g/mol. The number of rotatable bonds is 7. The molecule has 0 aliphatic rings. The predicted octanol–water partition coefficient (Wildman–Crippen LogP) is 1.51. The normalized spacial score (nSPS) is 11.1. The van der Waals surface area contributed by atoms with Crippen LogP contribution in [-0.4, -0.2) is 30.2 Å². The number of hydrogen-bond donors (Lipinski definition) is 2. The Bertz CT molecular complexity index is 626. The van der Waals surface area contributed by atoms with Crippen LogP contribution in [0.25, 0.3) is 0 Å². The average molecular weight is 302 g/mol. The van der Waals surface area contributed by atoms with Gasteiger partial charge < -0.3 is 5.11 Å². The van der Waals surface area contributed by atoms with E-state index in [0.717, 1.165) is 0 Å². The van der Waals surface area contributed by atoms with Crippen LogP contribution in [0, 0.1) is 17.0 Å². The quantitative estimate of drug-likeness (QED) is 0.580. The monoisotopic (exact) mass is 302 g/mol. The second-order valence-electron chi connectivity index (χ2n) is 4.20. The van der Waals surface area contributed by atoms with Gasteiger partial charge in [-0.2, -0.15) is 0 Å². The number of nitro groups is 1. The van der Waals surface area contributed by atoms with Gasteiger partial charge in [0.1, 0.15) is 5.69 Å². The van der Waals surface area contributed by atoms with Crippen LogP contribution in [0.15, 0.2) is 18.2 Å². The van der Waals surface area contributed by atoms with E-state index >= 15 is 0 Å². The Balaban J connectivity index is 2.88. The number of nitrogens with one attached hydrogen (secondary N) is 1. The van der Waals surface area contributed by atoms with Crippen LogP contribution in [-0.2, 0) is 14.8 Å². The highest BCUT2D eigenvalue weighted by Gasteiger charge is 2.19. The third kappa shape index (κ3) is 4.84.